The SMILES string of the molecule is CCCC(C(=O)OCC)N1CCCC(CN)C1. The lowest BCUT2D eigenvalue weighted by molar-refractivity contribution is -0.150. The number of nitrogens with zero attached hydrogens (tertiary/aromatic N) is 1. The van der Waals surface area contributed by atoms with E-state index in [1.54, 1.807) is 0 Å². The van der Waals surface area contributed by atoms with Gasteiger partial charge in [-0.25, -0.2) is 0 Å². The number of nitrogens with two attached hydrogens (primary N) is 1. The number of rotatable bonds is 6. The Morgan fingerprint density at radius 2 is 2.29 bits per heavy atom. The molecule has 0 aromatic rings. The zero-order valence-electron chi connectivity index (χ0n) is 11.2. The van der Waals surface area contributed by atoms with E-state index in [1.165, 1.54) is 6.42 Å². The fraction of sp³-hybridized carbons (Fsp3) is 0.923. The fourth-order valence-corrected chi connectivity index (χ4v) is 2.53. The quantitative estimate of drug-likeness (QED) is 0.715. The smallest absolute Gasteiger partial charge is 0.323 e. The van der Waals surface area contributed by atoms with Crippen LogP contribution >= 0.6 is 0 Å². The molecule has 2 N–H and O–H groups in total. The van der Waals surface area contributed by atoms with Crippen LogP contribution in [-0.4, -0.2) is 43.2 Å². The number of carbonyl (C=O) groups excluding carboxylic acids is 1. The highest BCUT2D eigenvalue weighted by atomic mass is 16.5. The molecule has 1 aliphatic rings. The van der Waals surface area contributed by atoms with Crippen molar-refractivity contribution in [3.63, 3.8) is 0 Å². The maximum Gasteiger partial charge on any atom is 0.323 e. The largest absolute Gasteiger partial charge is 0.465 e. The zero-order valence-corrected chi connectivity index (χ0v) is 11.2. The van der Waals surface area contributed by atoms with Gasteiger partial charge in [0, 0.05) is 6.54 Å². The van der Waals surface area contributed by atoms with Crippen molar-refractivity contribution in [1.29, 1.82) is 0 Å². The summed E-state index contributed by atoms with van der Waals surface area (Å²) in [5.41, 5.74) is 5.73. The topological polar surface area (TPSA) is 55.6 Å². The minimum Gasteiger partial charge on any atom is -0.465 e. The Balaban J connectivity index is 2.58. The van der Waals surface area contributed by atoms with Crippen molar-refractivity contribution in [3.8, 4) is 0 Å². The van der Waals surface area contributed by atoms with Gasteiger partial charge in [0.15, 0.2) is 0 Å². The van der Waals surface area contributed by atoms with Crippen molar-refractivity contribution in [2.75, 3.05) is 26.2 Å². The summed E-state index contributed by atoms with van der Waals surface area (Å²) in [6.07, 6.45) is 4.22. The molecule has 0 aromatic carbocycles. The number of carbonyl (C=O) groups is 1. The Morgan fingerprint density at radius 3 is 2.88 bits per heavy atom. The third-order valence-corrected chi connectivity index (χ3v) is 3.45. The molecule has 0 spiro atoms. The van der Waals surface area contributed by atoms with Gasteiger partial charge in [-0.05, 0) is 45.2 Å². The highest BCUT2D eigenvalue weighted by molar-refractivity contribution is 5.75. The standard InChI is InChI=1S/C13H26N2O2/c1-3-6-12(13(16)17-4-2)15-8-5-7-11(9-14)10-15/h11-12H,3-10,14H2,1-2H3. The van der Waals surface area contributed by atoms with E-state index >= 15 is 0 Å². The molecule has 1 saturated heterocycles. The van der Waals surface area contributed by atoms with E-state index in [2.05, 4.69) is 11.8 Å². The van der Waals surface area contributed by atoms with Gasteiger partial charge < -0.3 is 10.5 Å². The van der Waals surface area contributed by atoms with Crippen LogP contribution in [0.15, 0.2) is 0 Å². The molecule has 1 rings (SSSR count). The number of hydrogen-bond acceptors (Lipinski definition) is 4. The predicted octanol–water partition coefficient (Wildman–Crippen LogP) is 1.39. The Bertz CT molecular complexity index is 233. The second-order valence-corrected chi connectivity index (χ2v) is 4.80. The van der Waals surface area contributed by atoms with Gasteiger partial charge in [-0.3, -0.25) is 9.69 Å². The first kappa shape index (κ1) is 14.5. The van der Waals surface area contributed by atoms with Crippen LogP contribution < -0.4 is 5.73 Å². The molecule has 2 unspecified atom stereocenters. The summed E-state index contributed by atoms with van der Waals surface area (Å²) in [5, 5.41) is 0. The van der Waals surface area contributed by atoms with Gasteiger partial charge >= 0.3 is 5.97 Å². The van der Waals surface area contributed by atoms with Crippen molar-refractivity contribution in [1.82, 2.24) is 4.90 Å². The van der Waals surface area contributed by atoms with Gasteiger partial charge in [0.25, 0.3) is 0 Å². The van der Waals surface area contributed by atoms with Gasteiger partial charge in [-0.1, -0.05) is 13.3 Å². The highest BCUT2D eigenvalue weighted by Gasteiger charge is 2.30. The van der Waals surface area contributed by atoms with Crippen LogP contribution in [0.5, 0.6) is 0 Å². The summed E-state index contributed by atoms with van der Waals surface area (Å²) in [6.45, 7) is 7.10. The zero-order chi connectivity index (χ0) is 12.7. The second kappa shape index (κ2) is 7.67. The average Bonchev–Trinajstić information content (AvgIpc) is 2.36. The van der Waals surface area contributed by atoms with Crippen LogP contribution in [0, 0.1) is 5.92 Å². The molecule has 1 aliphatic heterocycles. The second-order valence-electron chi connectivity index (χ2n) is 4.80. The lowest BCUT2D eigenvalue weighted by Crippen LogP contribution is -2.48. The summed E-state index contributed by atoms with van der Waals surface area (Å²) in [4.78, 5) is 14.2. The minimum absolute atomic E-state index is 0.0608. The van der Waals surface area contributed by atoms with Crippen LogP contribution in [0.4, 0.5) is 0 Å². The molecule has 0 amide bonds. The van der Waals surface area contributed by atoms with E-state index in [0.29, 0.717) is 12.5 Å². The van der Waals surface area contributed by atoms with Gasteiger partial charge in [-0.2, -0.15) is 0 Å². The molecule has 0 saturated carbocycles. The van der Waals surface area contributed by atoms with Crippen molar-refractivity contribution < 1.29 is 9.53 Å². The average molecular weight is 242 g/mol. The van der Waals surface area contributed by atoms with Crippen molar-refractivity contribution in [2.24, 2.45) is 11.7 Å². The summed E-state index contributed by atoms with van der Waals surface area (Å²) in [7, 11) is 0. The lowest BCUT2D eigenvalue weighted by Gasteiger charge is -2.36. The Kier molecular flexibility index (Phi) is 6.52. The first-order chi connectivity index (χ1) is 8.22. The molecule has 0 aromatic heterocycles. The number of esters is 1. The summed E-state index contributed by atoms with van der Waals surface area (Å²) in [5.74, 6) is 0.476. The van der Waals surface area contributed by atoms with Crippen LogP contribution in [0.1, 0.15) is 39.5 Å². The van der Waals surface area contributed by atoms with E-state index < -0.39 is 0 Å². The van der Waals surface area contributed by atoms with Crippen molar-refractivity contribution in [3.05, 3.63) is 0 Å². The van der Waals surface area contributed by atoms with Gasteiger partial charge in [0.1, 0.15) is 6.04 Å². The van der Waals surface area contributed by atoms with Crippen LogP contribution in [-0.2, 0) is 9.53 Å². The van der Waals surface area contributed by atoms with E-state index in [1.807, 2.05) is 6.92 Å². The van der Waals surface area contributed by atoms with Gasteiger partial charge in [0.05, 0.1) is 6.61 Å². The van der Waals surface area contributed by atoms with Crippen LogP contribution in [0.3, 0.4) is 0 Å². The molecule has 100 valence electrons. The number of piperidine rings is 1. The minimum atomic E-state index is -0.0629. The number of ether oxygens (including phenoxy) is 1. The van der Waals surface area contributed by atoms with Gasteiger partial charge in [-0.15, -0.1) is 0 Å². The molecule has 2 atom stereocenters. The Morgan fingerprint density at radius 1 is 1.53 bits per heavy atom. The maximum atomic E-state index is 11.9. The first-order valence-electron chi connectivity index (χ1n) is 6.83. The molecule has 4 heteroatoms. The van der Waals surface area contributed by atoms with Crippen molar-refractivity contribution in [2.45, 2.75) is 45.6 Å². The Hall–Kier alpha value is -0.610. The molecular formula is C13H26N2O2. The van der Waals surface area contributed by atoms with Crippen molar-refractivity contribution >= 4 is 5.97 Å². The normalized spacial score (nSPS) is 23.4. The predicted molar refractivity (Wildman–Crippen MR) is 68.7 cm³/mol. The molecule has 17 heavy (non-hydrogen) atoms. The fourth-order valence-electron chi connectivity index (χ4n) is 2.53. The van der Waals surface area contributed by atoms with E-state index in [-0.39, 0.29) is 12.0 Å². The Labute approximate surface area is 104 Å². The van der Waals surface area contributed by atoms with E-state index in [9.17, 15) is 4.79 Å². The molecule has 0 bridgehead atoms. The molecule has 1 fully saturated rings. The van der Waals surface area contributed by atoms with Crippen LogP contribution in [0.25, 0.3) is 0 Å². The van der Waals surface area contributed by atoms with Crippen LogP contribution in [0.2, 0.25) is 0 Å². The highest BCUT2D eigenvalue weighted by Crippen LogP contribution is 2.20. The maximum absolute atomic E-state index is 11.9. The summed E-state index contributed by atoms with van der Waals surface area (Å²) >= 11 is 0. The summed E-state index contributed by atoms with van der Waals surface area (Å²) < 4.78 is 5.17. The molecule has 0 radical (unpaired) electrons. The molecular weight excluding hydrogens is 216 g/mol. The third-order valence-electron chi connectivity index (χ3n) is 3.45. The van der Waals surface area contributed by atoms with E-state index in [4.69, 9.17) is 10.5 Å². The monoisotopic (exact) mass is 242 g/mol. The third kappa shape index (κ3) is 4.28. The number of likely N-dealkylation sites (tertiary alicyclic amines) is 1. The van der Waals surface area contributed by atoms with Gasteiger partial charge in [0.2, 0.25) is 0 Å². The van der Waals surface area contributed by atoms with E-state index in [0.717, 1.165) is 38.9 Å². The summed E-state index contributed by atoms with van der Waals surface area (Å²) in [6, 6.07) is -0.0608. The number of hydrogen-bond donors (Lipinski definition) is 1. The first-order valence-corrected chi connectivity index (χ1v) is 6.83. The molecule has 0 aliphatic carbocycles. The molecule has 4 nitrogen and oxygen atoms in total. The molecule has 1 heterocycles. The lowest BCUT2D eigenvalue weighted by atomic mass is 9.96.